The first kappa shape index (κ1) is 27.3. The molecule has 2 aromatic rings. The number of halogens is 3. The van der Waals surface area contributed by atoms with Crippen LogP contribution in [0.4, 0.5) is 4.39 Å². The smallest absolute Gasteiger partial charge is 0.254 e. The summed E-state index contributed by atoms with van der Waals surface area (Å²) in [6, 6.07) is 7.46. The van der Waals surface area contributed by atoms with Crippen LogP contribution in [0.2, 0.25) is 10.0 Å². The minimum Gasteiger partial charge on any atom is -0.496 e. The molecular weight excluding hydrogens is 480 g/mol. The molecule has 1 atom stereocenters. The third kappa shape index (κ3) is 6.35. The Morgan fingerprint density at radius 1 is 1.29 bits per heavy atom. The fourth-order valence-electron chi connectivity index (χ4n) is 3.61. The van der Waals surface area contributed by atoms with Crippen molar-refractivity contribution in [1.29, 1.82) is 0 Å². The lowest BCUT2D eigenvalue weighted by Gasteiger charge is -2.23. The first-order valence-corrected chi connectivity index (χ1v) is 11.1. The highest BCUT2D eigenvalue weighted by atomic mass is 35.5. The average Bonchev–Trinajstić information content (AvgIpc) is 2.78. The Hall–Kier alpha value is -2.93. The number of hydrogen-bond donors (Lipinski definition) is 1. The van der Waals surface area contributed by atoms with Crippen molar-refractivity contribution in [3.05, 3.63) is 87.7 Å². The highest BCUT2D eigenvalue weighted by Crippen LogP contribution is 2.42. The summed E-state index contributed by atoms with van der Waals surface area (Å²) < 4.78 is 20.1. The molecule has 0 saturated carbocycles. The van der Waals surface area contributed by atoms with E-state index in [1.165, 1.54) is 43.3 Å². The summed E-state index contributed by atoms with van der Waals surface area (Å²) >= 11 is 12.6. The monoisotopic (exact) mass is 505 g/mol. The summed E-state index contributed by atoms with van der Waals surface area (Å²) in [7, 11) is 2.92. The normalized spacial score (nSPS) is 12.8. The number of allylic oxidation sites excluding steroid dienone is 3. The molecule has 34 heavy (non-hydrogen) atoms. The summed E-state index contributed by atoms with van der Waals surface area (Å²) in [4.78, 5) is 25.4. The standard InChI is InChI=1S/C26H26Cl2FNO4/c1-5-8-16(15-31)20(6-2)26(33)30(3)14-19(32)12-17-11-18(29)13-21(25(17)34-4)24-22(27)9-7-10-23(24)28/h5-11,13,15,19,32H,2,12,14H2,1,3-4H3/b8-5-,20-16-. The van der Waals surface area contributed by atoms with E-state index >= 15 is 0 Å². The van der Waals surface area contributed by atoms with Gasteiger partial charge in [0.1, 0.15) is 11.6 Å². The van der Waals surface area contributed by atoms with Gasteiger partial charge in [0.2, 0.25) is 0 Å². The van der Waals surface area contributed by atoms with Crippen molar-refractivity contribution in [3.63, 3.8) is 0 Å². The van der Waals surface area contributed by atoms with E-state index < -0.39 is 17.8 Å². The predicted molar refractivity (Wildman–Crippen MR) is 134 cm³/mol. The number of aliphatic hydroxyl groups is 1. The molecule has 0 spiro atoms. The van der Waals surface area contributed by atoms with Crippen LogP contribution in [0, 0.1) is 5.82 Å². The van der Waals surface area contributed by atoms with Crippen LogP contribution in [0.15, 0.2) is 66.3 Å². The molecule has 180 valence electrons. The zero-order valence-electron chi connectivity index (χ0n) is 19.1. The van der Waals surface area contributed by atoms with Gasteiger partial charge < -0.3 is 14.7 Å². The van der Waals surface area contributed by atoms with E-state index in [4.69, 9.17) is 27.9 Å². The van der Waals surface area contributed by atoms with Gasteiger partial charge in [0, 0.05) is 47.8 Å². The minimum atomic E-state index is -1.06. The van der Waals surface area contributed by atoms with Crippen LogP contribution in [0.5, 0.6) is 5.75 Å². The fraction of sp³-hybridized carbons (Fsp3) is 0.231. The maximum absolute atomic E-state index is 14.5. The lowest BCUT2D eigenvalue weighted by atomic mass is 9.97. The molecular formula is C26H26Cl2FNO4. The second-order valence-corrected chi connectivity index (χ2v) is 8.29. The number of ether oxygens (including phenoxy) is 1. The molecule has 0 aliphatic carbocycles. The number of benzene rings is 2. The van der Waals surface area contributed by atoms with Crippen molar-refractivity contribution in [1.82, 2.24) is 4.90 Å². The third-order valence-electron chi connectivity index (χ3n) is 5.07. The number of rotatable bonds is 10. The van der Waals surface area contributed by atoms with Gasteiger partial charge in [-0.25, -0.2) is 4.39 Å². The Morgan fingerprint density at radius 3 is 2.47 bits per heavy atom. The van der Waals surface area contributed by atoms with E-state index in [0.717, 1.165) is 0 Å². The largest absolute Gasteiger partial charge is 0.496 e. The molecule has 1 amide bonds. The maximum atomic E-state index is 14.5. The maximum Gasteiger partial charge on any atom is 0.254 e. The van der Waals surface area contributed by atoms with Crippen LogP contribution in [0.1, 0.15) is 12.5 Å². The molecule has 8 heteroatoms. The molecule has 0 heterocycles. The van der Waals surface area contributed by atoms with Crippen LogP contribution >= 0.6 is 23.2 Å². The van der Waals surface area contributed by atoms with E-state index in [1.807, 2.05) is 0 Å². The number of carbonyl (C=O) groups is 2. The molecule has 2 aromatic carbocycles. The minimum absolute atomic E-state index is 0.0177. The van der Waals surface area contributed by atoms with E-state index in [9.17, 15) is 19.1 Å². The number of aliphatic hydroxyl groups excluding tert-OH is 1. The zero-order chi connectivity index (χ0) is 25.4. The Labute approximate surface area is 208 Å². The molecule has 0 saturated heterocycles. The summed E-state index contributed by atoms with van der Waals surface area (Å²) in [6.45, 7) is 5.24. The molecule has 2 rings (SSSR count). The number of aldehydes is 1. The van der Waals surface area contributed by atoms with Gasteiger partial charge in [-0.15, -0.1) is 0 Å². The number of methoxy groups -OCH3 is 1. The molecule has 0 fully saturated rings. The number of hydrogen-bond acceptors (Lipinski definition) is 4. The molecule has 0 aliphatic heterocycles. The van der Waals surface area contributed by atoms with Gasteiger partial charge in [0.15, 0.2) is 6.29 Å². The second-order valence-electron chi connectivity index (χ2n) is 7.48. The lowest BCUT2D eigenvalue weighted by Crippen LogP contribution is -2.36. The summed E-state index contributed by atoms with van der Waals surface area (Å²) in [5.41, 5.74) is 1.43. The molecule has 0 radical (unpaired) electrons. The van der Waals surface area contributed by atoms with Gasteiger partial charge in [0.25, 0.3) is 5.91 Å². The van der Waals surface area contributed by atoms with Gasteiger partial charge in [-0.05, 0) is 31.2 Å². The van der Waals surface area contributed by atoms with Gasteiger partial charge in [-0.3, -0.25) is 9.59 Å². The number of likely N-dealkylation sites (N-methyl/N-ethyl adjacent to an activating group) is 1. The van der Waals surface area contributed by atoms with Crippen LogP contribution in [-0.2, 0) is 16.0 Å². The van der Waals surface area contributed by atoms with Gasteiger partial charge >= 0.3 is 0 Å². The molecule has 0 aromatic heterocycles. The molecule has 1 unspecified atom stereocenters. The lowest BCUT2D eigenvalue weighted by molar-refractivity contribution is -0.127. The number of carbonyl (C=O) groups excluding carboxylic acids is 2. The Bertz CT molecular complexity index is 1120. The Morgan fingerprint density at radius 2 is 1.94 bits per heavy atom. The molecule has 5 nitrogen and oxygen atoms in total. The van der Waals surface area contributed by atoms with Crippen molar-refractivity contribution in [2.45, 2.75) is 19.4 Å². The number of amides is 1. The first-order chi connectivity index (χ1) is 16.2. The molecule has 0 aliphatic rings. The van der Waals surface area contributed by atoms with Gasteiger partial charge in [0.05, 0.1) is 23.3 Å². The van der Waals surface area contributed by atoms with Gasteiger partial charge in [-0.2, -0.15) is 0 Å². The van der Waals surface area contributed by atoms with Crippen LogP contribution < -0.4 is 4.74 Å². The highest BCUT2D eigenvalue weighted by Gasteiger charge is 2.22. The van der Waals surface area contributed by atoms with E-state index in [1.54, 1.807) is 31.2 Å². The predicted octanol–water partition coefficient (Wildman–Crippen LogP) is 5.43. The van der Waals surface area contributed by atoms with Crippen molar-refractivity contribution in [3.8, 4) is 16.9 Å². The second kappa shape index (κ2) is 12.5. The first-order valence-electron chi connectivity index (χ1n) is 10.4. The highest BCUT2D eigenvalue weighted by molar-refractivity contribution is 6.39. The zero-order valence-corrected chi connectivity index (χ0v) is 20.7. The Kier molecular flexibility index (Phi) is 10.1. The van der Waals surface area contributed by atoms with Crippen molar-refractivity contribution in [2.75, 3.05) is 20.7 Å². The van der Waals surface area contributed by atoms with E-state index in [-0.39, 0.29) is 24.1 Å². The topological polar surface area (TPSA) is 66.8 Å². The number of nitrogens with zero attached hydrogens (tertiary/aromatic N) is 1. The molecule has 0 bridgehead atoms. The summed E-state index contributed by atoms with van der Waals surface area (Å²) in [6.07, 6.45) is 3.92. The van der Waals surface area contributed by atoms with Crippen LogP contribution in [0.3, 0.4) is 0 Å². The van der Waals surface area contributed by atoms with Crippen molar-refractivity contribution >= 4 is 35.4 Å². The van der Waals surface area contributed by atoms with Crippen molar-refractivity contribution in [2.24, 2.45) is 0 Å². The SMILES string of the molecule is C=C/C(C(=O)N(C)CC(O)Cc1cc(F)cc(-c2c(Cl)cccc2Cl)c1OC)=C(C=O)\C=C/C. The third-order valence-corrected chi connectivity index (χ3v) is 5.70. The summed E-state index contributed by atoms with van der Waals surface area (Å²) in [5.74, 6) is -0.728. The van der Waals surface area contributed by atoms with E-state index in [0.29, 0.717) is 38.8 Å². The van der Waals surface area contributed by atoms with Crippen LogP contribution in [-0.4, -0.2) is 49.0 Å². The van der Waals surface area contributed by atoms with E-state index in [2.05, 4.69) is 6.58 Å². The molecule has 1 N–H and O–H groups in total. The van der Waals surface area contributed by atoms with Crippen molar-refractivity contribution < 1.29 is 23.8 Å². The fourth-order valence-corrected chi connectivity index (χ4v) is 4.21. The summed E-state index contributed by atoms with van der Waals surface area (Å²) in [5, 5.41) is 11.4. The average molecular weight is 506 g/mol. The van der Waals surface area contributed by atoms with Crippen LogP contribution in [0.25, 0.3) is 11.1 Å². The quantitative estimate of drug-likeness (QED) is 0.265. The Balaban J connectivity index is 2.35. The van der Waals surface area contributed by atoms with Gasteiger partial charge in [-0.1, -0.05) is 54.1 Å².